The first-order chi connectivity index (χ1) is 8.26. The second-order valence-electron chi connectivity index (χ2n) is 4.18. The second-order valence-corrected chi connectivity index (χ2v) is 8.76. The van der Waals surface area contributed by atoms with Crippen LogP contribution in [0, 0.1) is 0 Å². The van der Waals surface area contributed by atoms with Gasteiger partial charge in [0.05, 0.1) is 12.7 Å². The fraction of sp³-hybridized carbons (Fsp3) is 1.00. The van der Waals surface area contributed by atoms with Gasteiger partial charge >= 0.3 is 0 Å². The van der Waals surface area contributed by atoms with E-state index in [1.165, 1.54) is 0 Å². The lowest BCUT2D eigenvalue weighted by Gasteiger charge is -2.40. The maximum atomic E-state index is 10.9. The van der Waals surface area contributed by atoms with Crippen molar-refractivity contribution in [3.05, 3.63) is 0 Å². The normalized spacial score (nSPS) is 37.7. The minimum Gasteiger partial charge on any atom is -0.394 e. The van der Waals surface area contributed by atoms with Crippen LogP contribution < -0.4 is 0 Å². The van der Waals surface area contributed by atoms with Crippen LogP contribution in [0.3, 0.4) is 0 Å². The van der Waals surface area contributed by atoms with Gasteiger partial charge in [-0.05, 0) is 17.2 Å². The average molecular weight is 302 g/mol. The molecule has 0 aromatic carbocycles. The molecule has 0 aromatic rings. The Labute approximate surface area is 109 Å². The number of hydrogen-bond donors (Lipinski definition) is 4. The largest absolute Gasteiger partial charge is 0.394 e. The zero-order valence-electron chi connectivity index (χ0n) is 9.84. The predicted molar refractivity (Wildman–Crippen MR) is 65.7 cm³/mol. The Morgan fingerprint density at radius 2 is 1.67 bits per heavy atom. The lowest BCUT2D eigenvalue weighted by atomic mass is 9.94. The van der Waals surface area contributed by atoms with E-state index in [0.717, 1.165) is 6.26 Å². The molecule has 0 spiro atoms. The standard InChI is InChI=1S/C9H18O7S2/c1-18(14,15)17-3-2-5-7(11)9(13)8(12)6(4-10)16-5/h5-13H,2-4H2,1H3/t5-,6+,7-,8-,9+/m0/s1. The summed E-state index contributed by atoms with van der Waals surface area (Å²) in [5.74, 6) is 0.196. The van der Waals surface area contributed by atoms with Crippen LogP contribution in [0.15, 0.2) is 0 Å². The third kappa shape index (κ3) is 4.34. The highest BCUT2D eigenvalue weighted by molar-refractivity contribution is 8.71. The van der Waals surface area contributed by atoms with Crippen LogP contribution in [0.1, 0.15) is 6.42 Å². The van der Waals surface area contributed by atoms with Gasteiger partial charge in [-0.3, -0.25) is 0 Å². The Bertz CT molecular complexity index is 356. The van der Waals surface area contributed by atoms with Gasteiger partial charge in [0, 0.05) is 12.0 Å². The van der Waals surface area contributed by atoms with Crippen LogP contribution in [0.2, 0.25) is 0 Å². The number of rotatable bonds is 5. The SMILES string of the molecule is CS(=O)(=O)SCC[C@@H]1O[C@H](CO)[C@H](O)[C@H](O)[C@H]1O. The summed E-state index contributed by atoms with van der Waals surface area (Å²) in [6.07, 6.45) is -4.59. The molecular formula is C9H18O7S2. The molecule has 5 atom stereocenters. The van der Waals surface area contributed by atoms with E-state index in [9.17, 15) is 23.7 Å². The molecule has 0 aromatic heterocycles. The number of aliphatic hydroxyl groups is 4. The molecular weight excluding hydrogens is 284 g/mol. The predicted octanol–water partition coefficient (Wildman–Crippen LogP) is -2.09. The molecule has 0 unspecified atom stereocenters. The molecule has 108 valence electrons. The van der Waals surface area contributed by atoms with Gasteiger partial charge in [-0.15, -0.1) is 0 Å². The molecule has 1 rings (SSSR count). The number of hydrogen-bond acceptors (Lipinski definition) is 8. The first-order valence-corrected chi connectivity index (χ1v) is 8.80. The first kappa shape index (κ1) is 16.2. The maximum absolute atomic E-state index is 10.9. The van der Waals surface area contributed by atoms with Crippen LogP contribution in [-0.2, 0) is 13.6 Å². The van der Waals surface area contributed by atoms with Crippen LogP contribution >= 0.6 is 10.8 Å². The summed E-state index contributed by atoms with van der Waals surface area (Å²) < 4.78 is 27.1. The topological polar surface area (TPSA) is 124 Å². The summed E-state index contributed by atoms with van der Waals surface area (Å²) in [5.41, 5.74) is 0. The molecule has 0 aliphatic carbocycles. The molecule has 1 fully saturated rings. The molecule has 1 aliphatic rings. The van der Waals surface area contributed by atoms with Crippen molar-refractivity contribution in [3.8, 4) is 0 Å². The first-order valence-electron chi connectivity index (χ1n) is 5.41. The van der Waals surface area contributed by atoms with E-state index in [1.807, 2.05) is 0 Å². The van der Waals surface area contributed by atoms with E-state index in [0.29, 0.717) is 10.8 Å². The van der Waals surface area contributed by atoms with Gasteiger partial charge in [-0.2, -0.15) is 0 Å². The second kappa shape index (κ2) is 6.51. The van der Waals surface area contributed by atoms with Crippen molar-refractivity contribution >= 4 is 19.7 Å². The number of ether oxygens (including phenoxy) is 1. The third-order valence-electron chi connectivity index (χ3n) is 2.69. The van der Waals surface area contributed by atoms with Crippen LogP contribution in [-0.4, -0.2) is 78.0 Å². The van der Waals surface area contributed by atoms with Gasteiger partial charge in [0.15, 0.2) is 8.87 Å². The quantitative estimate of drug-likeness (QED) is 0.426. The molecule has 7 nitrogen and oxygen atoms in total. The maximum Gasteiger partial charge on any atom is 0.198 e. The summed E-state index contributed by atoms with van der Waals surface area (Å²) in [6.45, 7) is -0.485. The Kier molecular flexibility index (Phi) is 5.84. The Morgan fingerprint density at radius 1 is 1.11 bits per heavy atom. The summed E-state index contributed by atoms with van der Waals surface area (Å²) in [7, 11) is -2.45. The smallest absolute Gasteiger partial charge is 0.198 e. The summed E-state index contributed by atoms with van der Waals surface area (Å²) in [5, 5.41) is 37.7. The van der Waals surface area contributed by atoms with Crippen molar-refractivity contribution in [2.75, 3.05) is 18.6 Å². The molecule has 9 heteroatoms. The number of aliphatic hydroxyl groups excluding tert-OH is 4. The van der Waals surface area contributed by atoms with Gasteiger partial charge in [0.25, 0.3) is 0 Å². The highest BCUT2D eigenvalue weighted by Crippen LogP contribution is 2.25. The molecule has 0 saturated carbocycles. The Morgan fingerprint density at radius 3 is 2.17 bits per heavy atom. The molecule has 0 bridgehead atoms. The van der Waals surface area contributed by atoms with Crippen molar-refractivity contribution in [1.82, 2.24) is 0 Å². The van der Waals surface area contributed by atoms with Crippen LogP contribution in [0.25, 0.3) is 0 Å². The van der Waals surface area contributed by atoms with Gasteiger partial charge in [0.1, 0.15) is 24.4 Å². The molecule has 18 heavy (non-hydrogen) atoms. The van der Waals surface area contributed by atoms with Gasteiger partial charge in [-0.1, -0.05) is 0 Å². The third-order valence-corrected chi connectivity index (χ3v) is 5.31. The van der Waals surface area contributed by atoms with Gasteiger partial charge < -0.3 is 25.2 Å². The van der Waals surface area contributed by atoms with Gasteiger partial charge in [0.2, 0.25) is 0 Å². The monoisotopic (exact) mass is 302 g/mol. The van der Waals surface area contributed by atoms with Gasteiger partial charge in [-0.25, -0.2) is 8.42 Å². The molecule has 4 N–H and O–H groups in total. The zero-order valence-corrected chi connectivity index (χ0v) is 11.5. The average Bonchev–Trinajstić information content (AvgIpc) is 2.27. The summed E-state index contributed by atoms with van der Waals surface area (Å²) in [4.78, 5) is 0. The molecule has 1 saturated heterocycles. The minimum atomic E-state index is -3.17. The van der Waals surface area contributed by atoms with Crippen molar-refractivity contribution in [3.63, 3.8) is 0 Å². The van der Waals surface area contributed by atoms with E-state index in [1.54, 1.807) is 0 Å². The van der Waals surface area contributed by atoms with Crippen molar-refractivity contribution < 1.29 is 33.6 Å². The van der Waals surface area contributed by atoms with Crippen LogP contribution in [0.4, 0.5) is 0 Å². The summed E-state index contributed by atoms with van der Waals surface area (Å²) in [6, 6.07) is 0. The van der Waals surface area contributed by atoms with Crippen molar-refractivity contribution in [2.45, 2.75) is 36.9 Å². The van der Waals surface area contributed by atoms with E-state index in [2.05, 4.69) is 0 Å². The van der Waals surface area contributed by atoms with E-state index in [4.69, 9.17) is 9.84 Å². The summed E-state index contributed by atoms with van der Waals surface area (Å²) >= 11 is 0. The Hall–Kier alpha value is 0.1000. The Balaban J connectivity index is 2.54. The lowest BCUT2D eigenvalue weighted by Crippen LogP contribution is -2.58. The molecule has 1 heterocycles. The molecule has 1 aliphatic heterocycles. The van der Waals surface area contributed by atoms with E-state index in [-0.39, 0.29) is 12.2 Å². The zero-order chi connectivity index (χ0) is 13.9. The molecule has 0 radical (unpaired) electrons. The fourth-order valence-electron chi connectivity index (χ4n) is 1.73. The highest BCUT2D eigenvalue weighted by Gasteiger charge is 2.42. The van der Waals surface area contributed by atoms with Crippen molar-refractivity contribution in [1.29, 1.82) is 0 Å². The molecule has 0 amide bonds. The highest BCUT2D eigenvalue weighted by atomic mass is 33.1. The lowest BCUT2D eigenvalue weighted by molar-refractivity contribution is -0.229. The minimum absolute atomic E-state index is 0.194. The van der Waals surface area contributed by atoms with Crippen molar-refractivity contribution in [2.24, 2.45) is 0 Å². The van der Waals surface area contributed by atoms with E-state index < -0.39 is 46.0 Å². The fourth-order valence-corrected chi connectivity index (χ4v) is 3.56. The van der Waals surface area contributed by atoms with E-state index >= 15 is 0 Å². The van der Waals surface area contributed by atoms with Crippen LogP contribution in [0.5, 0.6) is 0 Å².